The van der Waals surface area contributed by atoms with Crippen molar-refractivity contribution in [1.82, 2.24) is 0 Å². The predicted octanol–water partition coefficient (Wildman–Crippen LogP) is 4.13. The van der Waals surface area contributed by atoms with Crippen LogP contribution in [0.5, 0.6) is 23.0 Å². The number of hydrogen-bond donors (Lipinski definition) is 0. The molecule has 3 aromatic rings. The van der Waals surface area contributed by atoms with Crippen molar-refractivity contribution in [3.05, 3.63) is 36.4 Å². The lowest BCUT2D eigenvalue weighted by atomic mass is 10.1. The molecule has 1 aromatic heterocycles. The molecule has 1 heterocycles. The van der Waals surface area contributed by atoms with Crippen molar-refractivity contribution >= 4 is 11.0 Å². The fourth-order valence-corrected chi connectivity index (χ4v) is 2.50. The lowest BCUT2D eigenvalue weighted by Crippen LogP contribution is -1.90. The average Bonchev–Trinajstić information content (AvgIpc) is 3.02. The van der Waals surface area contributed by atoms with Crippen LogP contribution in [0.4, 0.5) is 0 Å². The van der Waals surface area contributed by atoms with Gasteiger partial charge in [-0.2, -0.15) is 0 Å². The third kappa shape index (κ3) is 2.65. The summed E-state index contributed by atoms with van der Waals surface area (Å²) in [5.41, 5.74) is 1.63. The zero-order valence-corrected chi connectivity index (χ0v) is 13.5. The minimum atomic E-state index is 0.633. The van der Waals surface area contributed by atoms with Crippen LogP contribution in [0.1, 0.15) is 0 Å². The smallest absolute Gasteiger partial charge is 0.164 e. The van der Waals surface area contributed by atoms with Gasteiger partial charge in [0.2, 0.25) is 0 Å². The number of ether oxygens (including phenoxy) is 4. The maximum absolute atomic E-state index is 5.94. The van der Waals surface area contributed by atoms with Crippen LogP contribution in [0.2, 0.25) is 0 Å². The predicted molar refractivity (Wildman–Crippen MR) is 87.9 cm³/mol. The van der Waals surface area contributed by atoms with Gasteiger partial charge in [-0.05, 0) is 30.3 Å². The zero-order valence-electron chi connectivity index (χ0n) is 13.5. The molecule has 0 aliphatic heterocycles. The fourth-order valence-electron chi connectivity index (χ4n) is 2.50. The molecule has 0 saturated carbocycles. The summed E-state index contributed by atoms with van der Waals surface area (Å²) in [6, 6.07) is 11.3. The van der Waals surface area contributed by atoms with E-state index in [1.165, 1.54) is 0 Å². The first-order valence-corrected chi connectivity index (χ1v) is 7.08. The van der Waals surface area contributed by atoms with Crippen LogP contribution in [0.15, 0.2) is 40.8 Å². The Hall–Kier alpha value is -2.82. The molecule has 5 nitrogen and oxygen atoms in total. The molecule has 120 valence electrons. The molecule has 0 bridgehead atoms. The highest BCUT2D eigenvalue weighted by molar-refractivity contribution is 5.86. The molecule has 0 atom stereocenters. The molecule has 0 radical (unpaired) electrons. The van der Waals surface area contributed by atoms with Gasteiger partial charge in [-0.15, -0.1) is 0 Å². The normalized spacial score (nSPS) is 10.6. The van der Waals surface area contributed by atoms with E-state index in [1.54, 1.807) is 28.4 Å². The highest BCUT2D eigenvalue weighted by Gasteiger charge is 2.13. The summed E-state index contributed by atoms with van der Waals surface area (Å²) in [7, 11) is 6.42. The lowest BCUT2D eigenvalue weighted by molar-refractivity contribution is 0.355. The second kappa shape index (κ2) is 6.12. The van der Waals surface area contributed by atoms with Crippen LogP contribution in [0.25, 0.3) is 22.3 Å². The molecule has 0 amide bonds. The maximum Gasteiger partial charge on any atom is 0.164 e. The van der Waals surface area contributed by atoms with Gasteiger partial charge in [0.05, 0.1) is 28.4 Å². The van der Waals surface area contributed by atoms with Crippen LogP contribution in [-0.4, -0.2) is 28.4 Å². The van der Waals surface area contributed by atoms with E-state index in [1.807, 2.05) is 36.4 Å². The molecule has 23 heavy (non-hydrogen) atoms. The van der Waals surface area contributed by atoms with Crippen molar-refractivity contribution in [2.45, 2.75) is 0 Å². The SMILES string of the molecule is COc1ccc(-c2cc3cc(OC)c(OC)cc3o2)cc1OC. The summed E-state index contributed by atoms with van der Waals surface area (Å²) in [4.78, 5) is 0. The Morgan fingerprint density at radius 2 is 1.26 bits per heavy atom. The minimum Gasteiger partial charge on any atom is -0.493 e. The van der Waals surface area contributed by atoms with Gasteiger partial charge in [-0.3, -0.25) is 0 Å². The number of hydrogen-bond acceptors (Lipinski definition) is 5. The molecule has 5 heteroatoms. The first-order valence-electron chi connectivity index (χ1n) is 7.08. The molecule has 0 N–H and O–H groups in total. The monoisotopic (exact) mass is 314 g/mol. The van der Waals surface area contributed by atoms with Gasteiger partial charge in [0.1, 0.15) is 11.3 Å². The summed E-state index contributed by atoms with van der Waals surface area (Å²) in [5, 5.41) is 0.937. The minimum absolute atomic E-state index is 0.633. The number of furan rings is 1. The van der Waals surface area contributed by atoms with Gasteiger partial charge < -0.3 is 23.4 Å². The molecule has 0 aliphatic rings. The van der Waals surface area contributed by atoms with Gasteiger partial charge in [0, 0.05) is 17.0 Å². The van der Waals surface area contributed by atoms with Crippen molar-refractivity contribution in [2.24, 2.45) is 0 Å². The first-order chi connectivity index (χ1) is 11.2. The quantitative estimate of drug-likeness (QED) is 0.708. The molecule has 0 unspecified atom stereocenters. The third-order valence-corrected chi connectivity index (χ3v) is 3.69. The Kier molecular flexibility index (Phi) is 4.02. The van der Waals surface area contributed by atoms with E-state index in [2.05, 4.69) is 0 Å². The van der Waals surface area contributed by atoms with E-state index in [-0.39, 0.29) is 0 Å². The summed E-state index contributed by atoms with van der Waals surface area (Å²) in [6.07, 6.45) is 0. The van der Waals surface area contributed by atoms with E-state index in [0.29, 0.717) is 23.0 Å². The second-order valence-corrected chi connectivity index (χ2v) is 4.93. The van der Waals surface area contributed by atoms with E-state index in [4.69, 9.17) is 23.4 Å². The van der Waals surface area contributed by atoms with E-state index < -0.39 is 0 Å². The Balaban J connectivity index is 2.10. The Morgan fingerprint density at radius 1 is 0.652 bits per heavy atom. The molecule has 0 saturated heterocycles. The van der Waals surface area contributed by atoms with Crippen molar-refractivity contribution < 1.29 is 23.4 Å². The Labute approximate surface area is 134 Å². The van der Waals surface area contributed by atoms with Crippen molar-refractivity contribution in [1.29, 1.82) is 0 Å². The maximum atomic E-state index is 5.94. The summed E-state index contributed by atoms with van der Waals surface area (Å²) in [6.45, 7) is 0. The van der Waals surface area contributed by atoms with Crippen LogP contribution in [0.3, 0.4) is 0 Å². The highest BCUT2D eigenvalue weighted by atomic mass is 16.5. The van der Waals surface area contributed by atoms with Crippen LogP contribution in [-0.2, 0) is 0 Å². The standard InChI is InChI=1S/C18H18O5/c1-19-13-6-5-11(7-16(13)20-2)14-8-12-9-17(21-3)18(22-4)10-15(12)23-14/h5-10H,1-4H3. The number of methoxy groups -OCH3 is 4. The summed E-state index contributed by atoms with van der Waals surface area (Å²) < 4.78 is 27.2. The van der Waals surface area contributed by atoms with Gasteiger partial charge in [0.25, 0.3) is 0 Å². The van der Waals surface area contributed by atoms with Gasteiger partial charge in [-0.1, -0.05) is 0 Å². The molecule has 0 spiro atoms. The highest BCUT2D eigenvalue weighted by Crippen LogP contribution is 2.38. The van der Waals surface area contributed by atoms with E-state index in [9.17, 15) is 0 Å². The van der Waals surface area contributed by atoms with Crippen molar-refractivity contribution in [2.75, 3.05) is 28.4 Å². The van der Waals surface area contributed by atoms with Gasteiger partial charge >= 0.3 is 0 Å². The zero-order chi connectivity index (χ0) is 16.4. The third-order valence-electron chi connectivity index (χ3n) is 3.69. The number of benzene rings is 2. The molecule has 2 aromatic carbocycles. The summed E-state index contributed by atoms with van der Waals surface area (Å²) >= 11 is 0. The molecule has 3 rings (SSSR count). The van der Waals surface area contributed by atoms with Crippen molar-refractivity contribution in [3.8, 4) is 34.3 Å². The first kappa shape index (κ1) is 15.1. The molecular weight excluding hydrogens is 296 g/mol. The molecule has 0 aliphatic carbocycles. The van der Waals surface area contributed by atoms with Gasteiger partial charge in [0.15, 0.2) is 23.0 Å². The van der Waals surface area contributed by atoms with Gasteiger partial charge in [-0.25, -0.2) is 0 Å². The number of rotatable bonds is 5. The molecular formula is C18H18O5. The van der Waals surface area contributed by atoms with Crippen LogP contribution >= 0.6 is 0 Å². The largest absolute Gasteiger partial charge is 0.493 e. The lowest BCUT2D eigenvalue weighted by Gasteiger charge is -2.08. The van der Waals surface area contributed by atoms with Crippen LogP contribution < -0.4 is 18.9 Å². The Morgan fingerprint density at radius 3 is 1.91 bits per heavy atom. The average molecular weight is 314 g/mol. The second-order valence-electron chi connectivity index (χ2n) is 4.93. The van der Waals surface area contributed by atoms with Crippen LogP contribution in [0, 0.1) is 0 Å². The van der Waals surface area contributed by atoms with E-state index >= 15 is 0 Å². The Bertz CT molecular complexity index is 794. The summed E-state index contributed by atoms with van der Waals surface area (Å²) in [5.74, 6) is 3.36. The van der Waals surface area contributed by atoms with Crippen molar-refractivity contribution in [3.63, 3.8) is 0 Å². The fraction of sp³-hybridized carbons (Fsp3) is 0.222. The molecule has 0 fully saturated rings. The topological polar surface area (TPSA) is 50.1 Å². The number of fused-ring (bicyclic) bond motifs is 1. The van der Waals surface area contributed by atoms with E-state index in [0.717, 1.165) is 22.3 Å².